The zero-order valence-electron chi connectivity index (χ0n) is 7.45. The van der Waals surface area contributed by atoms with Crippen molar-refractivity contribution >= 4 is 10.4 Å². The summed E-state index contributed by atoms with van der Waals surface area (Å²) in [6.07, 6.45) is 3.50. The molecule has 13 heavy (non-hydrogen) atoms. The zero-order chi connectivity index (χ0) is 10.7. The van der Waals surface area contributed by atoms with E-state index < -0.39 is 10.4 Å². The Morgan fingerprint density at radius 2 is 1.31 bits per heavy atom. The van der Waals surface area contributed by atoms with E-state index >= 15 is 0 Å². The summed E-state index contributed by atoms with van der Waals surface area (Å²) < 4.78 is 31.6. The number of hydrogen-bond donors (Lipinski definition) is 2. The van der Waals surface area contributed by atoms with Gasteiger partial charge in [-0.25, -0.2) is 0 Å². The molecule has 0 radical (unpaired) electrons. The molecule has 0 spiro atoms. The maximum atomic E-state index is 8.74. The molecule has 1 heterocycles. The molecule has 0 aliphatic heterocycles. The van der Waals surface area contributed by atoms with Crippen LogP contribution < -0.4 is 0 Å². The molecule has 1 aromatic heterocycles. The molecule has 1 aromatic rings. The standard InChI is InChI=1S/C5H5N.C2H6.H2O4S/c1-2-4-6-5-3-1;1-2;1-5(2,3)4/h1-5H;1-2H3;(H2,1,2,3,4). The number of aromatic nitrogens is 1. The van der Waals surface area contributed by atoms with Gasteiger partial charge in [-0.3, -0.25) is 14.1 Å². The summed E-state index contributed by atoms with van der Waals surface area (Å²) in [6.45, 7) is 4.00. The van der Waals surface area contributed by atoms with E-state index in [-0.39, 0.29) is 0 Å². The monoisotopic (exact) mass is 207 g/mol. The summed E-state index contributed by atoms with van der Waals surface area (Å²) in [6, 6.07) is 5.72. The maximum absolute atomic E-state index is 8.74. The van der Waals surface area contributed by atoms with Gasteiger partial charge in [-0.05, 0) is 12.1 Å². The molecule has 2 N–H and O–H groups in total. The SMILES string of the molecule is CC.O=S(=O)(O)O.c1ccncc1. The maximum Gasteiger partial charge on any atom is 0.394 e. The van der Waals surface area contributed by atoms with Crippen LogP contribution in [0.5, 0.6) is 0 Å². The Morgan fingerprint density at radius 3 is 1.38 bits per heavy atom. The first-order chi connectivity index (χ1) is 6.00. The second-order valence-electron chi connectivity index (χ2n) is 1.47. The van der Waals surface area contributed by atoms with Crippen LogP contribution in [0.2, 0.25) is 0 Å². The molecule has 0 aliphatic rings. The first kappa shape index (κ1) is 14.5. The van der Waals surface area contributed by atoms with Gasteiger partial charge in [0.05, 0.1) is 0 Å². The Kier molecular flexibility index (Phi) is 10.2. The second-order valence-corrected chi connectivity index (χ2v) is 2.37. The van der Waals surface area contributed by atoms with Crippen LogP contribution in [-0.4, -0.2) is 22.5 Å². The quantitative estimate of drug-likeness (QED) is 0.629. The predicted molar refractivity (Wildman–Crippen MR) is 49.8 cm³/mol. The normalized spacial score (nSPS) is 8.62. The van der Waals surface area contributed by atoms with Gasteiger partial charge in [0.25, 0.3) is 0 Å². The Balaban J connectivity index is 0. The van der Waals surface area contributed by atoms with Crippen molar-refractivity contribution in [1.82, 2.24) is 4.98 Å². The molecule has 0 atom stereocenters. The third-order valence-electron chi connectivity index (χ3n) is 0.566. The third kappa shape index (κ3) is 35.6. The van der Waals surface area contributed by atoms with Crippen LogP contribution in [0.25, 0.3) is 0 Å². The highest BCUT2D eigenvalue weighted by molar-refractivity contribution is 7.79. The fourth-order valence-electron chi connectivity index (χ4n) is 0.313. The van der Waals surface area contributed by atoms with Crippen molar-refractivity contribution in [1.29, 1.82) is 0 Å². The molecule has 0 saturated carbocycles. The molecular formula is C7H13NO4S. The summed E-state index contributed by atoms with van der Waals surface area (Å²) in [5.74, 6) is 0. The molecule has 0 aromatic carbocycles. The molecule has 5 nitrogen and oxygen atoms in total. The zero-order valence-corrected chi connectivity index (χ0v) is 8.27. The van der Waals surface area contributed by atoms with Crippen LogP contribution in [-0.2, 0) is 10.4 Å². The van der Waals surface area contributed by atoms with Crippen molar-refractivity contribution in [2.24, 2.45) is 0 Å². The Morgan fingerprint density at radius 1 is 1.00 bits per heavy atom. The van der Waals surface area contributed by atoms with Gasteiger partial charge in [-0.15, -0.1) is 0 Å². The van der Waals surface area contributed by atoms with Crippen LogP contribution in [0.3, 0.4) is 0 Å². The fourth-order valence-corrected chi connectivity index (χ4v) is 0.313. The van der Waals surface area contributed by atoms with Crippen LogP contribution >= 0.6 is 0 Å². The molecule has 0 bridgehead atoms. The molecule has 0 unspecified atom stereocenters. The number of hydrogen-bond acceptors (Lipinski definition) is 3. The summed E-state index contributed by atoms with van der Waals surface area (Å²) in [7, 11) is -4.67. The summed E-state index contributed by atoms with van der Waals surface area (Å²) in [5.41, 5.74) is 0. The van der Waals surface area contributed by atoms with Gasteiger partial charge in [0.15, 0.2) is 0 Å². The van der Waals surface area contributed by atoms with Crippen molar-refractivity contribution in [3.05, 3.63) is 30.6 Å². The van der Waals surface area contributed by atoms with E-state index in [1.165, 1.54) is 0 Å². The van der Waals surface area contributed by atoms with Crippen molar-refractivity contribution < 1.29 is 17.5 Å². The summed E-state index contributed by atoms with van der Waals surface area (Å²) >= 11 is 0. The molecule has 1 rings (SSSR count). The van der Waals surface area contributed by atoms with Gasteiger partial charge in [0.1, 0.15) is 0 Å². The predicted octanol–water partition coefficient (Wildman–Crippen LogP) is 1.46. The fraction of sp³-hybridized carbons (Fsp3) is 0.286. The van der Waals surface area contributed by atoms with Gasteiger partial charge in [0, 0.05) is 12.4 Å². The molecule has 0 fully saturated rings. The lowest BCUT2D eigenvalue weighted by Gasteiger charge is -1.70. The minimum absolute atomic E-state index is 1.75. The van der Waals surface area contributed by atoms with E-state index in [0.717, 1.165) is 0 Å². The summed E-state index contributed by atoms with van der Waals surface area (Å²) in [4.78, 5) is 3.78. The molecule has 0 aliphatic carbocycles. The average molecular weight is 207 g/mol. The van der Waals surface area contributed by atoms with E-state index in [4.69, 9.17) is 17.5 Å². The van der Waals surface area contributed by atoms with Crippen molar-refractivity contribution in [3.8, 4) is 0 Å². The Labute approximate surface area is 78.0 Å². The lowest BCUT2D eigenvalue weighted by atomic mass is 10.5. The molecule has 0 saturated heterocycles. The second kappa shape index (κ2) is 9.11. The van der Waals surface area contributed by atoms with E-state index in [0.29, 0.717) is 0 Å². The lowest BCUT2D eigenvalue weighted by Crippen LogP contribution is -1.89. The van der Waals surface area contributed by atoms with Gasteiger partial charge in [0.2, 0.25) is 0 Å². The van der Waals surface area contributed by atoms with Crippen LogP contribution in [0.15, 0.2) is 30.6 Å². The number of rotatable bonds is 0. The minimum Gasteiger partial charge on any atom is -0.265 e. The Hall–Kier alpha value is -0.980. The minimum atomic E-state index is -4.67. The van der Waals surface area contributed by atoms with Crippen LogP contribution in [0.1, 0.15) is 13.8 Å². The topological polar surface area (TPSA) is 87.5 Å². The van der Waals surface area contributed by atoms with Crippen LogP contribution in [0, 0.1) is 0 Å². The van der Waals surface area contributed by atoms with E-state index in [1.807, 2.05) is 32.0 Å². The van der Waals surface area contributed by atoms with E-state index in [9.17, 15) is 0 Å². The van der Waals surface area contributed by atoms with Gasteiger partial charge < -0.3 is 0 Å². The molecule has 76 valence electrons. The molecule has 6 heteroatoms. The molecule has 0 amide bonds. The smallest absolute Gasteiger partial charge is 0.265 e. The van der Waals surface area contributed by atoms with Gasteiger partial charge in [-0.1, -0.05) is 19.9 Å². The van der Waals surface area contributed by atoms with Gasteiger partial charge in [-0.2, -0.15) is 8.42 Å². The van der Waals surface area contributed by atoms with Crippen molar-refractivity contribution in [3.63, 3.8) is 0 Å². The Bertz CT molecular complexity index is 237. The first-order valence-electron chi connectivity index (χ1n) is 3.55. The summed E-state index contributed by atoms with van der Waals surface area (Å²) in [5, 5.41) is 0. The largest absolute Gasteiger partial charge is 0.394 e. The van der Waals surface area contributed by atoms with Crippen molar-refractivity contribution in [2.75, 3.05) is 0 Å². The first-order valence-corrected chi connectivity index (χ1v) is 4.95. The van der Waals surface area contributed by atoms with Crippen LogP contribution in [0.4, 0.5) is 0 Å². The highest BCUT2D eigenvalue weighted by Crippen LogP contribution is 1.73. The van der Waals surface area contributed by atoms with Crippen molar-refractivity contribution in [2.45, 2.75) is 13.8 Å². The number of pyridine rings is 1. The lowest BCUT2D eigenvalue weighted by molar-refractivity contribution is 0.381. The highest BCUT2D eigenvalue weighted by atomic mass is 32.3. The third-order valence-corrected chi connectivity index (χ3v) is 0.566. The number of nitrogens with zero attached hydrogens (tertiary/aromatic N) is 1. The molecular weight excluding hydrogens is 194 g/mol. The average Bonchev–Trinajstić information content (AvgIpc) is 2.08. The van der Waals surface area contributed by atoms with Gasteiger partial charge >= 0.3 is 10.4 Å². The highest BCUT2D eigenvalue weighted by Gasteiger charge is 1.84. The van der Waals surface area contributed by atoms with E-state index in [2.05, 4.69) is 4.98 Å². The van der Waals surface area contributed by atoms with E-state index in [1.54, 1.807) is 12.4 Å².